The Bertz CT molecular complexity index is 1110. The zero-order valence-corrected chi connectivity index (χ0v) is 18.4. The highest BCUT2D eigenvalue weighted by atomic mass is 32.1. The van der Waals surface area contributed by atoms with Crippen molar-refractivity contribution in [1.29, 1.82) is 0 Å². The van der Waals surface area contributed by atoms with Crippen molar-refractivity contribution in [3.8, 4) is 0 Å². The quantitative estimate of drug-likeness (QED) is 0.388. The van der Waals surface area contributed by atoms with Crippen molar-refractivity contribution in [2.45, 2.75) is 38.5 Å². The predicted octanol–water partition coefficient (Wildman–Crippen LogP) is 5.73. The Morgan fingerprint density at radius 2 is 1.80 bits per heavy atom. The summed E-state index contributed by atoms with van der Waals surface area (Å²) in [5.74, 6) is 0.337. The summed E-state index contributed by atoms with van der Waals surface area (Å²) in [5.41, 5.74) is 4.37. The molecule has 0 radical (unpaired) electrons. The number of rotatable bonds is 3. The summed E-state index contributed by atoms with van der Waals surface area (Å²) >= 11 is 4.50. The number of hydrazone groups is 1. The van der Waals surface area contributed by atoms with Gasteiger partial charge in [0.2, 0.25) is 0 Å². The standard InChI is InChI=1S/C25H25N3OS/c1-17-13-20(16-25(2,3)15-17)27-28-23(18-9-5-4-6-10-18)26-21(24(28)29)14-19-11-7-8-12-22(19)30/h4-12,14-15,30H,13,16H2,1-3H3/b21-14?,27-20-. The lowest BCUT2D eigenvalue weighted by Gasteiger charge is -2.28. The molecule has 0 saturated heterocycles. The van der Waals surface area contributed by atoms with E-state index in [-0.39, 0.29) is 11.3 Å². The Hall–Kier alpha value is -2.92. The molecular weight excluding hydrogens is 390 g/mol. The molecule has 5 heteroatoms. The summed E-state index contributed by atoms with van der Waals surface area (Å²) < 4.78 is 0. The molecule has 1 aliphatic carbocycles. The van der Waals surface area contributed by atoms with Crippen molar-refractivity contribution in [2.75, 3.05) is 0 Å². The summed E-state index contributed by atoms with van der Waals surface area (Å²) in [7, 11) is 0. The lowest BCUT2D eigenvalue weighted by atomic mass is 9.79. The fourth-order valence-corrected chi connectivity index (χ4v) is 4.25. The second-order valence-electron chi connectivity index (χ2n) is 8.51. The van der Waals surface area contributed by atoms with E-state index in [1.165, 1.54) is 10.6 Å². The van der Waals surface area contributed by atoms with Gasteiger partial charge < -0.3 is 0 Å². The Labute approximate surface area is 183 Å². The van der Waals surface area contributed by atoms with Crippen LogP contribution in [0.5, 0.6) is 0 Å². The Morgan fingerprint density at radius 3 is 2.50 bits per heavy atom. The zero-order valence-electron chi connectivity index (χ0n) is 17.5. The van der Waals surface area contributed by atoms with E-state index in [1.54, 1.807) is 6.08 Å². The molecule has 0 saturated carbocycles. The summed E-state index contributed by atoms with van der Waals surface area (Å²) in [6, 6.07) is 17.4. The van der Waals surface area contributed by atoms with Crippen LogP contribution in [0.1, 0.15) is 44.7 Å². The summed E-state index contributed by atoms with van der Waals surface area (Å²) in [6.07, 6.45) is 5.66. The number of amides is 1. The molecule has 0 spiro atoms. The number of nitrogens with zero attached hydrogens (tertiary/aromatic N) is 3. The Kier molecular flexibility index (Phi) is 5.48. The fourth-order valence-electron chi connectivity index (χ4n) is 4.02. The van der Waals surface area contributed by atoms with Crippen LogP contribution >= 0.6 is 12.6 Å². The van der Waals surface area contributed by atoms with Gasteiger partial charge in [-0.3, -0.25) is 4.79 Å². The molecule has 2 aromatic carbocycles. The van der Waals surface area contributed by atoms with E-state index in [0.717, 1.165) is 34.6 Å². The van der Waals surface area contributed by atoms with E-state index in [1.807, 2.05) is 54.6 Å². The number of allylic oxidation sites excluding steroid dienone is 2. The van der Waals surface area contributed by atoms with Crippen LogP contribution in [0.4, 0.5) is 0 Å². The van der Waals surface area contributed by atoms with Crippen LogP contribution in [0.3, 0.4) is 0 Å². The van der Waals surface area contributed by atoms with Crippen LogP contribution in [-0.2, 0) is 4.79 Å². The van der Waals surface area contributed by atoms with Crippen molar-refractivity contribution in [3.63, 3.8) is 0 Å². The van der Waals surface area contributed by atoms with Crippen LogP contribution in [0, 0.1) is 5.41 Å². The van der Waals surface area contributed by atoms with E-state index in [2.05, 4.69) is 44.5 Å². The monoisotopic (exact) mass is 415 g/mol. The largest absolute Gasteiger partial charge is 0.298 e. The van der Waals surface area contributed by atoms with Crippen LogP contribution in [-0.4, -0.2) is 22.5 Å². The van der Waals surface area contributed by atoms with Gasteiger partial charge in [0.05, 0.1) is 0 Å². The number of hydrogen-bond donors (Lipinski definition) is 1. The minimum Gasteiger partial charge on any atom is -0.265 e. The molecule has 0 fully saturated rings. The Balaban J connectivity index is 1.77. The van der Waals surface area contributed by atoms with Gasteiger partial charge in [-0.15, -0.1) is 12.6 Å². The van der Waals surface area contributed by atoms with Crippen molar-refractivity contribution in [2.24, 2.45) is 15.5 Å². The number of carbonyl (C=O) groups excluding carboxylic acids is 1. The van der Waals surface area contributed by atoms with Gasteiger partial charge in [-0.25, -0.2) is 4.99 Å². The number of aliphatic imine (C=N–C) groups is 1. The van der Waals surface area contributed by atoms with Gasteiger partial charge >= 0.3 is 0 Å². The smallest absolute Gasteiger partial charge is 0.265 e. The van der Waals surface area contributed by atoms with Crippen molar-refractivity contribution < 1.29 is 4.79 Å². The number of benzene rings is 2. The molecule has 2 aliphatic rings. The van der Waals surface area contributed by atoms with E-state index < -0.39 is 0 Å². The van der Waals surface area contributed by atoms with Gasteiger partial charge in [0, 0.05) is 22.6 Å². The van der Waals surface area contributed by atoms with E-state index in [9.17, 15) is 4.79 Å². The fraction of sp³-hybridized carbons (Fsp3) is 0.240. The maximum atomic E-state index is 13.3. The summed E-state index contributed by atoms with van der Waals surface area (Å²) in [5, 5.41) is 6.27. The van der Waals surface area contributed by atoms with Gasteiger partial charge in [0.25, 0.3) is 5.91 Å². The second kappa shape index (κ2) is 8.07. The molecule has 1 amide bonds. The normalized spacial score (nSPS) is 21.2. The third-order valence-electron chi connectivity index (χ3n) is 5.12. The minimum atomic E-state index is -0.219. The van der Waals surface area contributed by atoms with Crippen LogP contribution in [0.25, 0.3) is 6.08 Å². The molecule has 0 aromatic heterocycles. The lowest BCUT2D eigenvalue weighted by Crippen LogP contribution is -2.31. The minimum absolute atomic E-state index is 0.0254. The highest BCUT2D eigenvalue weighted by molar-refractivity contribution is 7.80. The van der Waals surface area contributed by atoms with Gasteiger partial charge in [0.15, 0.2) is 5.84 Å². The average molecular weight is 416 g/mol. The van der Waals surface area contributed by atoms with Crippen LogP contribution in [0.2, 0.25) is 0 Å². The van der Waals surface area contributed by atoms with Crippen molar-refractivity contribution in [3.05, 3.63) is 83.1 Å². The molecule has 0 N–H and O–H groups in total. The van der Waals surface area contributed by atoms with Crippen molar-refractivity contribution in [1.82, 2.24) is 5.01 Å². The highest BCUT2D eigenvalue weighted by Gasteiger charge is 2.33. The first kappa shape index (κ1) is 20.4. The number of thiol groups is 1. The first-order chi connectivity index (χ1) is 14.3. The molecule has 1 heterocycles. The first-order valence-electron chi connectivity index (χ1n) is 10.1. The summed E-state index contributed by atoms with van der Waals surface area (Å²) in [4.78, 5) is 18.8. The first-order valence-corrected chi connectivity index (χ1v) is 10.5. The van der Waals surface area contributed by atoms with Crippen molar-refractivity contribution >= 4 is 36.2 Å². The van der Waals surface area contributed by atoms with Gasteiger partial charge in [-0.1, -0.05) is 74.0 Å². The van der Waals surface area contributed by atoms with E-state index in [0.29, 0.717) is 11.5 Å². The van der Waals surface area contributed by atoms with Gasteiger partial charge in [0.1, 0.15) is 5.70 Å². The third kappa shape index (κ3) is 4.31. The molecule has 4 rings (SSSR count). The van der Waals surface area contributed by atoms with E-state index in [4.69, 9.17) is 5.10 Å². The zero-order chi connectivity index (χ0) is 21.3. The predicted molar refractivity (Wildman–Crippen MR) is 126 cm³/mol. The number of amidine groups is 1. The van der Waals surface area contributed by atoms with Gasteiger partial charge in [-0.05, 0) is 36.5 Å². The van der Waals surface area contributed by atoms with E-state index >= 15 is 0 Å². The molecular formula is C25H25N3OS. The molecule has 0 bridgehead atoms. The maximum absolute atomic E-state index is 13.3. The molecule has 30 heavy (non-hydrogen) atoms. The maximum Gasteiger partial charge on any atom is 0.298 e. The SMILES string of the molecule is CC1=CC(C)(C)C/C(=N\N2C(=O)C(=Cc3ccccc3S)N=C2c2ccccc2)C1. The number of hydrogen-bond acceptors (Lipinski definition) is 4. The topological polar surface area (TPSA) is 45.0 Å². The van der Waals surface area contributed by atoms with Gasteiger partial charge in [-0.2, -0.15) is 10.1 Å². The summed E-state index contributed by atoms with van der Waals surface area (Å²) in [6.45, 7) is 6.50. The molecule has 0 unspecified atom stereocenters. The Morgan fingerprint density at radius 1 is 1.10 bits per heavy atom. The molecule has 152 valence electrons. The van der Waals surface area contributed by atoms with Crippen LogP contribution in [0.15, 0.2) is 86.9 Å². The molecule has 1 aliphatic heterocycles. The number of carbonyl (C=O) groups is 1. The molecule has 4 nitrogen and oxygen atoms in total. The second-order valence-corrected chi connectivity index (χ2v) is 8.99. The van der Waals surface area contributed by atoms with Crippen LogP contribution < -0.4 is 0 Å². The molecule has 0 atom stereocenters. The highest BCUT2D eigenvalue weighted by Crippen LogP contribution is 2.33. The lowest BCUT2D eigenvalue weighted by molar-refractivity contribution is -0.122. The average Bonchev–Trinajstić information content (AvgIpc) is 2.98. The molecule has 2 aromatic rings. The third-order valence-corrected chi connectivity index (χ3v) is 5.53.